The number of hydrogen-bond acceptors (Lipinski definition) is 0. The molecule has 0 radical (unpaired) electrons. The molecular weight excluding hydrogens is 191 g/mol. The van der Waals surface area contributed by atoms with Gasteiger partial charge in [0.1, 0.15) is 6.71 Å². The minimum Gasteiger partial charge on any atom is -0.0887 e. The highest BCUT2D eigenvalue weighted by Crippen LogP contribution is 2.52. The Morgan fingerprint density at radius 3 is 2.12 bits per heavy atom. The molecule has 2 saturated heterocycles. The fourth-order valence-corrected chi connectivity index (χ4v) is 4.95. The van der Waals surface area contributed by atoms with Gasteiger partial charge >= 0.3 is 0 Å². The van der Waals surface area contributed by atoms with E-state index in [2.05, 4.69) is 19.1 Å². The summed E-state index contributed by atoms with van der Waals surface area (Å²) in [5, 5.41) is 0. The fraction of sp³-hybridized carbons (Fsp3) is 0.867. The van der Waals surface area contributed by atoms with Gasteiger partial charge in [-0.2, -0.15) is 0 Å². The monoisotopic (exact) mass is 216 g/mol. The zero-order valence-electron chi connectivity index (χ0n) is 10.7. The van der Waals surface area contributed by atoms with Gasteiger partial charge in [0.05, 0.1) is 0 Å². The molecule has 0 aromatic carbocycles. The number of rotatable bonds is 1. The third-order valence-corrected chi connectivity index (χ3v) is 5.51. The van der Waals surface area contributed by atoms with Crippen LogP contribution in [0.1, 0.15) is 58.3 Å². The zero-order chi connectivity index (χ0) is 11.0. The Labute approximate surface area is 101 Å². The van der Waals surface area contributed by atoms with E-state index in [0.717, 1.165) is 30.1 Å². The van der Waals surface area contributed by atoms with Gasteiger partial charge in [0.2, 0.25) is 0 Å². The normalized spacial score (nSPS) is 43.4. The number of allylic oxidation sites excluding steroid dienone is 2. The van der Waals surface area contributed by atoms with Crippen LogP contribution in [0.5, 0.6) is 0 Å². The Morgan fingerprint density at radius 2 is 1.56 bits per heavy atom. The Bertz CT molecular complexity index is 249. The Kier molecular flexibility index (Phi) is 3.13. The fourth-order valence-electron chi connectivity index (χ4n) is 4.95. The average molecular weight is 216 g/mol. The molecule has 2 fully saturated rings. The standard InChI is InChI=1S/C15H25B/c1-12-5-2-10-15(11-12)16-13-6-3-7-14(16)9-4-8-13/h2,5,12-15H,3-4,6-11H2,1H3/t12-,13?,14?,15+/m1/s1. The summed E-state index contributed by atoms with van der Waals surface area (Å²) in [5.41, 5.74) is 0. The van der Waals surface area contributed by atoms with E-state index in [1.54, 1.807) is 25.7 Å². The number of fused-ring (bicyclic) bond motifs is 2. The van der Waals surface area contributed by atoms with Crippen LogP contribution in [0.25, 0.3) is 0 Å². The second kappa shape index (κ2) is 4.59. The molecule has 2 bridgehead atoms. The van der Waals surface area contributed by atoms with Crippen molar-refractivity contribution < 1.29 is 0 Å². The molecule has 0 nitrogen and oxygen atoms in total. The van der Waals surface area contributed by atoms with Crippen molar-refractivity contribution in [2.24, 2.45) is 5.92 Å². The summed E-state index contributed by atoms with van der Waals surface area (Å²) in [6, 6.07) is 0. The van der Waals surface area contributed by atoms with Gasteiger partial charge in [-0.1, -0.05) is 81.5 Å². The molecule has 0 N–H and O–H groups in total. The van der Waals surface area contributed by atoms with Gasteiger partial charge in [0, 0.05) is 0 Å². The summed E-state index contributed by atoms with van der Waals surface area (Å²) in [5.74, 6) is 4.10. The molecule has 0 saturated carbocycles. The second-order valence-corrected chi connectivity index (χ2v) is 6.60. The highest BCUT2D eigenvalue weighted by atomic mass is 14.3. The van der Waals surface area contributed by atoms with Crippen molar-refractivity contribution in [3.8, 4) is 0 Å². The van der Waals surface area contributed by atoms with Crippen molar-refractivity contribution >= 4 is 6.71 Å². The van der Waals surface area contributed by atoms with Crippen LogP contribution in [0.3, 0.4) is 0 Å². The van der Waals surface area contributed by atoms with Crippen LogP contribution in [0.15, 0.2) is 12.2 Å². The van der Waals surface area contributed by atoms with Gasteiger partial charge in [0.25, 0.3) is 0 Å². The molecule has 1 heteroatoms. The lowest BCUT2D eigenvalue weighted by Gasteiger charge is -2.45. The van der Waals surface area contributed by atoms with Gasteiger partial charge in [-0.05, 0) is 12.3 Å². The minimum atomic E-state index is 0.849. The van der Waals surface area contributed by atoms with E-state index in [4.69, 9.17) is 0 Å². The van der Waals surface area contributed by atoms with Gasteiger partial charge in [-0.25, -0.2) is 0 Å². The smallest absolute Gasteiger partial charge is 0.0887 e. The molecule has 2 aliphatic heterocycles. The van der Waals surface area contributed by atoms with Gasteiger partial charge in [0.15, 0.2) is 0 Å². The first-order valence-electron chi connectivity index (χ1n) is 7.51. The molecule has 16 heavy (non-hydrogen) atoms. The summed E-state index contributed by atoms with van der Waals surface area (Å²) in [7, 11) is 0. The van der Waals surface area contributed by atoms with Crippen molar-refractivity contribution in [3.63, 3.8) is 0 Å². The molecule has 0 amide bonds. The van der Waals surface area contributed by atoms with E-state index >= 15 is 0 Å². The SMILES string of the molecule is C[C@@H]1C=CC[C@H](B2C3CCCC2CCC3)C1. The van der Waals surface area contributed by atoms with Gasteiger partial charge in [-0.3, -0.25) is 0 Å². The lowest BCUT2D eigenvalue weighted by molar-refractivity contribution is 0.423. The van der Waals surface area contributed by atoms with Crippen LogP contribution in [0, 0.1) is 5.92 Å². The molecular formula is C15H25B. The first-order chi connectivity index (χ1) is 7.84. The Hall–Kier alpha value is -0.195. The van der Waals surface area contributed by atoms with Crippen LogP contribution in [0.4, 0.5) is 0 Å². The molecule has 0 unspecified atom stereocenters. The van der Waals surface area contributed by atoms with E-state index in [1.165, 1.54) is 25.7 Å². The van der Waals surface area contributed by atoms with Crippen molar-refractivity contribution in [1.82, 2.24) is 0 Å². The van der Waals surface area contributed by atoms with Crippen molar-refractivity contribution in [2.45, 2.75) is 75.7 Å². The average Bonchev–Trinajstić information content (AvgIpc) is 2.28. The maximum absolute atomic E-state index is 2.48. The van der Waals surface area contributed by atoms with E-state index in [-0.39, 0.29) is 0 Å². The highest BCUT2D eigenvalue weighted by molar-refractivity contribution is 6.64. The van der Waals surface area contributed by atoms with Crippen molar-refractivity contribution in [2.75, 3.05) is 0 Å². The predicted molar refractivity (Wildman–Crippen MR) is 72.2 cm³/mol. The molecule has 0 aromatic heterocycles. The topological polar surface area (TPSA) is 0 Å². The summed E-state index contributed by atoms with van der Waals surface area (Å²) in [6.45, 7) is 3.51. The van der Waals surface area contributed by atoms with Gasteiger partial charge in [-0.15, -0.1) is 0 Å². The van der Waals surface area contributed by atoms with E-state index in [9.17, 15) is 0 Å². The van der Waals surface area contributed by atoms with Crippen LogP contribution in [-0.2, 0) is 0 Å². The largest absolute Gasteiger partial charge is 0.149 e. The Morgan fingerprint density at radius 1 is 0.938 bits per heavy atom. The maximum atomic E-state index is 2.48. The lowest BCUT2D eigenvalue weighted by Crippen LogP contribution is -2.39. The third-order valence-electron chi connectivity index (χ3n) is 5.51. The maximum Gasteiger partial charge on any atom is 0.149 e. The van der Waals surface area contributed by atoms with E-state index < -0.39 is 0 Å². The van der Waals surface area contributed by atoms with Crippen molar-refractivity contribution in [1.29, 1.82) is 0 Å². The molecule has 0 spiro atoms. The van der Waals surface area contributed by atoms with E-state index in [0.29, 0.717) is 0 Å². The quantitative estimate of drug-likeness (QED) is 0.430. The van der Waals surface area contributed by atoms with E-state index in [1.807, 2.05) is 0 Å². The molecule has 2 atom stereocenters. The van der Waals surface area contributed by atoms with Gasteiger partial charge < -0.3 is 0 Å². The minimum absolute atomic E-state index is 0.849. The summed E-state index contributed by atoms with van der Waals surface area (Å²) < 4.78 is 0. The second-order valence-electron chi connectivity index (χ2n) is 6.60. The summed E-state index contributed by atoms with van der Waals surface area (Å²) in [4.78, 5) is 0. The first-order valence-corrected chi connectivity index (χ1v) is 7.51. The van der Waals surface area contributed by atoms with Crippen LogP contribution in [0.2, 0.25) is 17.5 Å². The third kappa shape index (κ3) is 1.98. The molecule has 88 valence electrons. The zero-order valence-corrected chi connectivity index (χ0v) is 10.7. The predicted octanol–water partition coefficient (Wildman–Crippen LogP) is 4.95. The lowest BCUT2D eigenvalue weighted by atomic mass is 9.21. The molecule has 3 aliphatic rings. The summed E-state index contributed by atoms with van der Waals surface area (Å²) >= 11 is 0. The molecule has 1 aliphatic carbocycles. The molecule has 3 rings (SSSR count). The molecule has 2 heterocycles. The molecule has 0 aromatic rings. The summed E-state index contributed by atoms with van der Waals surface area (Å²) in [6.07, 6.45) is 17.1. The highest BCUT2D eigenvalue weighted by Gasteiger charge is 2.43. The Balaban J connectivity index is 1.75. The first kappa shape index (κ1) is 10.9. The van der Waals surface area contributed by atoms with Crippen LogP contribution >= 0.6 is 0 Å². The van der Waals surface area contributed by atoms with Crippen molar-refractivity contribution in [3.05, 3.63) is 12.2 Å². The van der Waals surface area contributed by atoms with Crippen LogP contribution < -0.4 is 0 Å². The van der Waals surface area contributed by atoms with Crippen LogP contribution in [-0.4, -0.2) is 6.71 Å². The number of hydrogen-bond donors (Lipinski definition) is 0.